The van der Waals surface area contributed by atoms with E-state index in [4.69, 9.17) is 0 Å². The van der Waals surface area contributed by atoms with Crippen molar-refractivity contribution in [1.82, 2.24) is 20.0 Å². The van der Waals surface area contributed by atoms with Crippen LogP contribution in [0.25, 0.3) is 6.08 Å². The number of amides is 1. The van der Waals surface area contributed by atoms with Gasteiger partial charge in [-0.1, -0.05) is 24.3 Å². The number of benzene rings is 1. The van der Waals surface area contributed by atoms with Crippen molar-refractivity contribution in [1.29, 1.82) is 0 Å². The van der Waals surface area contributed by atoms with Gasteiger partial charge < -0.3 is 10.2 Å². The summed E-state index contributed by atoms with van der Waals surface area (Å²) in [6.07, 6.45) is 4.25. The van der Waals surface area contributed by atoms with E-state index in [9.17, 15) is 4.79 Å². The van der Waals surface area contributed by atoms with Crippen LogP contribution in [0.1, 0.15) is 28.1 Å². The highest BCUT2D eigenvalue weighted by atomic mass is 16.1. The van der Waals surface area contributed by atoms with Crippen molar-refractivity contribution in [2.75, 3.05) is 20.6 Å². The predicted octanol–water partition coefficient (Wildman–Crippen LogP) is 2.47. The van der Waals surface area contributed by atoms with E-state index in [0.29, 0.717) is 6.54 Å². The Balaban J connectivity index is 1.85. The molecule has 1 N–H and O–H groups in total. The summed E-state index contributed by atoms with van der Waals surface area (Å²) >= 11 is 0. The zero-order valence-corrected chi connectivity index (χ0v) is 15.8. The molecule has 1 aromatic heterocycles. The fraction of sp³-hybridized carbons (Fsp3) is 0.400. The van der Waals surface area contributed by atoms with Gasteiger partial charge >= 0.3 is 0 Å². The summed E-state index contributed by atoms with van der Waals surface area (Å²) in [6.45, 7) is 5.50. The number of hydrogen-bond donors (Lipinski definition) is 1. The number of nitrogens with zero attached hydrogens (tertiary/aromatic N) is 3. The highest BCUT2D eigenvalue weighted by molar-refractivity contribution is 5.92. The van der Waals surface area contributed by atoms with Crippen molar-refractivity contribution in [2.24, 2.45) is 7.05 Å². The topological polar surface area (TPSA) is 50.2 Å². The molecule has 2 aromatic rings. The first-order chi connectivity index (χ1) is 11.9. The van der Waals surface area contributed by atoms with Crippen LogP contribution in [0.2, 0.25) is 0 Å². The first-order valence-corrected chi connectivity index (χ1v) is 8.55. The first kappa shape index (κ1) is 18.9. The van der Waals surface area contributed by atoms with E-state index >= 15 is 0 Å². The lowest BCUT2D eigenvalue weighted by molar-refractivity contribution is -0.116. The monoisotopic (exact) mass is 340 g/mol. The molecule has 1 aromatic carbocycles. The Morgan fingerprint density at radius 2 is 2.00 bits per heavy atom. The van der Waals surface area contributed by atoms with Crippen LogP contribution in [-0.4, -0.2) is 41.2 Å². The Morgan fingerprint density at radius 3 is 2.64 bits per heavy atom. The lowest BCUT2D eigenvalue weighted by Crippen LogP contribution is -2.23. The lowest BCUT2D eigenvalue weighted by atomic mass is 10.1. The second-order valence-corrected chi connectivity index (χ2v) is 6.64. The molecule has 0 spiro atoms. The van der Waals surface area contributed by atoms with Crippen LogP contribution in [0.4, 0.5) is 0 Å². The summed E-state index contributed by atoms with van der Waals surface area (Å²) in [7, 11) is 6.03. The molecule has 0 aliphatic heterocycles. The minimum absolute atomic E-state index is 0.0768. The van der Waals surface area contributed by atoms with Crippen LogP contribution in [0, 0.1) is 13.8 Å². The maximum atomic E-state index is 12.0. The third kappa shape index (κ3) is 5.57. The zero-order chi connectivity index (χ0) is 18.4. The van der Waals surface area contributed by atoms with Gasteiger partial charge in [-0.15, -0.1) is 0 Å². The maximum Gasteiger partial charge on any atom is 0.244 e. The minimum Gasteiger partial charge on any atom is -0.352 e. The number of nitrogens with one attached hydrogen (secondary N) is 1. The molecular weight excluding hydrogens is 312 g/mol. The van der Waals surface area contributed by atoms with Gasteiger partial charge in [0, 0.05) is 37.5 Å². The van der Waals surface area contributed by atoms with Gasteiger partial charge in [-0.2, -0.15) is 5.10 Å². The molecule has 0 saturated carbocycles. The standard InChI is InChI=1S/C20H28N4O/c1-15-19(16(2)24(5)22-15)9-10-20(25)21-12-11-17-7-6-8-18(13-17)14-23(3)4/h6-10,13H,11-12,14H2,1-5H3,(H,21,25)/b10-9+. The third-order valence-electron chi connectivity index (χ3n) is 4.17. The van der Waals surface area contributed by atoms with E-state index in [-0.39, 0.29) is 5.91 Å². The van der Waals surface area contributed by atoms with Gasteiger partial charge in [-0.3, -0.25) is 9.48 Å². The number of carbonyl (C=O) groups excluding carboxylic acids is 1. The average molecular weight is 340 g/mol. The lowest BCUT2D eigenvalue weighted by Gasteiger charge is -2.11. The van der Waals surface area contributed by atoms with Gasteiger partial charge in [0.15, 0.2) is 0 Å². The summed E-state index contributed by atoms with van der Waals surface area (Å²) < 4.78 is 1.83. The fourth-order valence-electron chi connectivity index (χ4n) is 2.83. The van der Waals surface area contributed by atoms with Crippen molar-refractivity contribution in [2.45, 2.75) is 26.8 Å². The molecule has 25 heavy (non-hydrogen) atoms. The first-order valence-electron chi connectivity index (χ1n) is 8.55. The molecule has 0 saturated heterocycles. The molecule has 134 valence electrons. The van der Waals surface area contributed by atoms with Crippen molar-refractivity contribution in [3.8, 4) is 0 Å². The van der Waals surface area contributed by atoms with Gasteiger partial charge in [-0.25, -0.2) is 0 Å². The van der Waals surface area contributed by atoms with E-state index in [1.54, 1.807) is 6.08 Å². The van der Waals surface area contributed by atoms with Crippen LogP contribution >= 0.6 is 0 Å². The van der Waals surface area contributed by atoms with Crippen LogP contribution in [0.3, 0.4) is 0 Å². The Morgan fingerprint density at radius 1 is 1.28 bits per heavy atom. The SMILES string of the molecule is Cc1nn(C)c(C)c1/C=C/C(=O)NCCc1cccc(CN(C)C)c1. The number of carbonyl (C=O) groups is 1. The van der Waals surface area contributed by atoms with E-state index < -0.39 is 0 Å². The molecule has 0 aliphatic rings. The van der Waals surface area contributed by atoms with E-state index in [2.05, 4.69) is 53.7 Å². The van der Waals surface area contributed by atoms with Gasteiger partial charge in [0.25, 0.3) is 0 Å². The molecule has 5 heteroatoms. The highest BCUT2D eigenvalue weighted by Crippen LogP contribution is 2.13. The zero-order valence-electron chi connectivity index (χ0n) is 15.8. The van der Waals surface area contributed by atoms with Gasteiger partial charge in [-0.05, 0) is 51.6 Å². The summed E-state index contributed by atoms with van der Waals surface area (Å²) in [6, 6.07) is 8.50. The quantitative estimate of drug-likeness (QED) is 0.788. The molecule has 0 radical (unpaired) electrons. The van der Waals surface area contributed by atoms with E-state index in [1.807, 2.05) is 31.7 Å². The van der Waals surface area contributed by atoms with Crippen molar-refractivity contribution in [3.63, 3.8) is 0 Å². The van der Waals surface area contributed by atoms with Crippen LogP contribution in [0.15, 0.2) is 30.3 Å². The largest absolute Gasteiger partial charge is 0.352 e. The molecule has 0 atom stereocenters. The molecule has 0 unspecified atom stereocenters. The van der Waals surface area contributed by atoms with E-state index in [1.165, 1.54) is 11.1 Å². The fourth-order valence-corrected chi connectivity index (χ4v) is 2.83. The maximum absolute atomic E-state index is 12.0. The molecule has 0 fully saturated rings. The van der Waals surface area contributed by atoms with Crippen LogP contribution in [0.5, 0.6) is 0 Å². The molecule has 0 bridgehead atoms. The Hall–Kier alpha value is -2.40. The molecule has 5 nitrogen and oxygen atoms in total. The normalized spacial score (nSPS) is 11.4. The van der Waals surface area contributed by atoms with Gasteiger partial charge in [0.2, 0.25) is 5.91 Å². The third-order valence-corrected chi connectivity index (χ3v) is 4.17. The van der Waals surface area contributed by atoms with Crippen LogP contribution in [-0.2, 0) is 24.8 Å². The van der Waals surface area contributed by atoms with Gasteiger partial charge in [0.1, 0.15) is 0 Å². The second kappa shape index (κ2) is 8.62. The number of hydrogen-bond acceptors (Lipinski definition) is 3. The highest BCUT2D eigenvalue weighted by Gasteiger charge is 2.06. The van der Waals surface area contributed by atoms with Gasteiger partial charge in [0.05, 0.1) is 5.69 Å². The number of rotatable bonds is 7. The molecule has 2 rings (SSSR count). The number of aromatic nitrogens is 2. The molecule has 1 amide bonds. The second-order valence-electron chi connectivity index (χ2n) is 6.64. The minimum atomic E-state index is -0.0768. The average Bonchev–Trinajstić information content (AvgIpc) is 2.78. The Kier molecular flexibility index (Phi) is 6.53. The summed E-state index contributed by atoms with van der Waals surface area (Å²) in [4.78, 5) is 14.2. The number of aryl methyl sites for hydroxylation is 2. The predicted molar refractivity (Wildman–Crippen MR) is 102 cm³/mol. The smallest absolute Gasteiger partial charge is 0.244 e. The summed E-state index contributed by atoms with van der Waals surface area (Å²) in [5.74, 6) is -0.0768. The van der Waals surface area contributed by atoms with Crippen LogP contribution < -0.4 is 5.32 Å². The van der Waals surface area contributed by atoms with E-state index in [0.717, 1.165) is 29.9 Å². The van der Waals surface area contributed by atoms with Crippen molar-refractivity contribution >= 4 is 12.0 Å². The van der Waals surface area contributed by atoms with Crippen molar-refractivity contribution < 1.29 is 4.79 Å². The Bertz CT molecular complexity index is 759. The van der Waals surface area contributed by atoms with Crippen molar-refractivity contribution in [3.05, 3.63) is 58.4 Å². The summed E-state index contributed by atoms with van der Waals surface area (Å²) in [5.41, 5.74) is 5.52. The molecular formula is C20H28N4O. The Labute approximate surface area is 150 Å². The molecule has 1 heterocycles. The molecule has 0 aliphatic carbocycles. The summed E-state index contributed by atoms with van der Waals surface area (Å²) in [5, 5.41) is 7.29.